The highest BCUT2D eigenvalue weighted by Gasteiger charge is 2.23. The first-order chi connectivity index (χ1) is 12.1. The summed E-state index contributed by atoms with van der Waals surface area (Å²) in [5, 5.41) is 0. The van der Waals surface area contributed by atoms with E-state index in [1.54, 1.807) is 30.3 Å². The Balaban J connectivity index is 1.77. The van der Waals surface area contributed by atoms with Gasteiger partial charge in [0.15, 0.2) is 17.3 Å². The van der Waals surface area contributed by atoms with Crippen molar-refractivity contribution in [2.24, 2.45) is 0 Å². The first-order valence-electron chi connectivity index (χ1n) is 7.69. The van der Waals surface area contributed by atoms with Crippen LogP contribution >= 0.6 is 0 Å². The summed E-state index contributed by atoms with van der Waals surface area (Å²) in [6.07, 6.45) is 2.47. The van der Waals surface area contributed by atoms with Crippen LogP contribution in [0, 0.1) is 5.82 Å². The molecule has 0 N–H and O–H groups in total. The maximum atomic E-state index is 13.7. The number of carbonyl (C=O) groups is 2. The van der Waals surface area contributed by atoms with Crippen LogP contribution in [0.3, 0.4) is 0 Å². The van der Waals surface area contributed by atoms with Gasteiger partial charge in [0.05, 0.1) is 13.7 Å². The maximum absolute atomic E-state index is 13.7. The van der Waals surface area contributed by atoms with Crippen molar-refractivity contribution in [2.75, 3.05) is 25.2 Å². The normalized spacial score (nSPS) is 14.0. The fraction of sp³-hybridized carbons (Fsp3) is 0.158. The minimum atomic E-state index is -0.494. The quantitative estimate of drug-likeness (QED) is 0.615. The number of allylic oxidation sites excluding steroid dienone is 1. The molecule has 5 nitrogen and oxygen atoms in total. The number of nitrogens with zero attached hydrogens (tertiary/aromatic N) is 1. The molecule has 2 aromatic carbocycles. The Morgan fingerprint density at radius 3 is 2.80 bits per heavy atom. The number of benzene rings is 2. The smallest absolute Gasteiger partial charge is 0.414 e. The first-order valence-corrected chi connectivity index (χ1v) is 7.69. The molecule has 1 heterocycles. The van der Waals surface area contributed by atoms with Crippen molar-refractivity contribution in [1.29, 1.82) is 0 Å². The number of carbonyl (C=O) groups excluding carboxylic acids is 2. The largest absolute Gasteiger partial charge is 0.494 e. The Morgan fingerprint density at radius 1 is 1.28 bits per heavy atom. The Morgan fingerprint density at radius 2 is 2.12 bits per heavy atom. The van der Waals surface area contributed by atoms with Crippen LogP contribution in [0.5, 0.6) is 5.75 Å². The molecule has 128 valence electrons. The summed E-state index contributed by atoms with van der Waals surface area (Å²) < 4.78 is 23.4. The molecular formula is C19H16FNO4. The number of ketones is 1. The monoisotopic (exact) mass is 341 g/mol. The highest BCUT2D eigenvalue weighted by Crippen LogP contribution is 2.21. The van der Waals surface area contributed by atoms with Crippen molar-refractivity contribution in [1.82, 2.24) is 0 Å². The van der Waals surface area contributed by atoms with Gasteiger partial charge in [0.2, 0.25) is 0 Å². The van der Waals surface area contributed by atoms with Crippen molar-refractivity contribution >= 4 is 23.6 Å². The number of amides is 1. The summed E-state index contributed by atoms with van der Waals surface area (Å²) in [4.78, 5) is 25.4. The average Bonchev–Trinajstić information content (AvgIpc) is 3.06. The van der Waals surface area contributed by atoms with Gasteiger partial charge >= 0.3 is 6.09 Å². The van der Waals surface area contributed by atoms with E-state index in [-0.39, 0.29) is 11.5 Å². The molecule has 0 unspecified atom stereocenters. The molecule has 0 saturated carbocycles. The third-order valence-electron chi connectivity index (χ3n) is 3.81. The van der Waals surface area contributed by atoms with E-state index in [2.05, 4.69) is 0 Å². The Kier molecular flexibility index (Phi) is 4.79. The summed E-state index contributed by atoms with van der Waals surface area (Å²) in [7, 11) is 1.39. The van der Waals surface area contributed by atoms with Gasteiger partial charge in [-0.1, -0.05) is 24.3 Å². The van der Waals surface area contributed by atoms with Crippen LogP contribution in [-0.2, 0) is 4.74 Å². The topological polar surface area (TPSA) is 55.8 Å². The van der Waals surface area contributed by atoms with Crippen LogP contribution in [0.15, 0.2) is 48.5 Å². The van der Waals surface area contributed by atoms with Crippen molar-refractivity contribution in [3.05, 3.63) is 65.5 Å². The van der Waals surface area contributed by atoms with E-state index in [4.69, 9.17) is 9.47 Å². The summed E-state index contributed by atoms with van der Waals surface area (Å²) in [5.74, 6) is -0.592. The summed E-state index contributed by atoms with van der Waals surface area (Å²) in [5.41, 5.74) is 1.59. The molecule has 1 fully saturated rings. The second kappa shape index (κ2) is 7.17. The number of hydrogen-bond acceptors (Lipinski definition) is 4. The molecule has 0 bridgehead atoms. The lowest BCUT2D eigenvalue weighted by Gasteiger charge is -2.13. The number of anilines is 1. The highest BCUT2D eigenvalue weighted by molar-refractivity contribution is 6.07. The predicted octanol–water partition coefficient (Wildman–Crippen LogP) is 3.69. The molecule has 0 aromatic heterocycles. The summed E-state index contributed by atoms with van der Waals surface area (Å²) in [6.45, 7) is 0.789. The first kappa shape index (κ1) is 16.7. The second-order valence-electron chi connectivity index (χ2n) is 5.41. The third kappa shape index (κ3) is 3.68. The van der Waals surface area contributed by atoms with E-state index in [1.807, 2.05) is 0 Å². The molecule has 25 heavy (non-hydrogen) atoms. The van der Waals surface area contributed by atoms with Gasteiger partial charge < -0.3 is 9.47 Å². The van der Waals surface area contributed by atoms with Crippen LogP contribution in [0.2, 0.25) is 0 Å². The highest BCUT2D eigenvalue weighted by atomic mass is 19.1. The van der Waals surface area contributed by atoms with Crippen molar-refractivity contribution < 1.29 is 23.5 Å². The fourth-order valence-electron chi connectivity index (χ4n) is 2.51. The molecule has 1 amide bonds. The van der Waals surface area contributed by atoms with Crippen LogP contribution in [0.1, 0.15) is 15.9 Å². The second-order valence-corrected chi connectivity index (χ2v) is 5.41. The standard InChI is InChI=1S/C19H16FNO4/c1-24-18-8-6-13(11-16(18)20)5-7-17(22)14-3-2-4-15(12-14)21-9-10-25-19(21)23/h2-8,11-12H,9-10H2,1H3. The van der Waals surface area contributed by atoms with E-state index in [0.717, 1.165) is 0 Å². The van der Waals surface area contributed by atoms with Crippen molar-refractivity contribution in [3.63, 3.8) is 0 Å². The van der Waals surface area contributed by atoms with Crippen molar-refractivity contribution in [2.45, 2.75) is 0 Å². The van der Waals surface area contributed by atoms with E-state index in [9.17, 15) is 14.0 Å². The van der Waals surface area contributed by atoms with Crippen LogP contribution < -0.4 is 9.64 Å². The minimum Gasteiger partial charge on any atom is -0.494 e. The molecule has 2 aromatic rings. The van der Waals surface area contributed by atoms with Gasteiger partial charge in [-0.25, -0.2) is 9.18 Å². The molecule has 0 atom stereocenters. The minimum absolute atomic E-state index is 0.147. The molecule has 1 aliphatic rings. The Bertz CT molecular complexity index is 847. The number of hydrogen-bond donors (Lipinski definition) is 0. The predicted molar refractivity (Wildman–Crippen MR) is 91.5 cm³/mol. The lowest BCUT2D eigenvalue weighted by atomic mass is 10.1. The lowest BCUT2D eigenvalue weighted by molar-refractivity contribution is 0.104. The fourth-order valence-corrected chi connectivity index (χ4v) is 2.51. The van der Waals surface area contributed by atoms with Gasteiger partial charge in [0.25, 0.3) is 0 Å². The Hall–Kier alpha value is -3.15. The number of cyclic esters (lactones) is 1. The van der Waals surface area contributed by atoms with E-state index < -0.39 is 11.9 Å². The number of rotatable bonds is 5. The number of methoxy groups -OCH3 is 1. The van der Waals surface area contributed by atoms with Crippen LogP contribution in [0.4, 0.5) is 14.9 Å². The molecule has 0 aliphatic carbocycles. The maximum Gasteiger partial charge on any atom is 0.414 e. The molecule has 1 aliphatic heterocycles. The van der Waals surface area contributed by atoms with Gasteiger partial charge in [0.1, 0.15) is 6.61 Å². The molecule has 3 rings (SSSR count). The van der Waals surface area contributed by atoms with Crippen molar-refractivity contribution in [3.8, 4) is 5.75 Å². The number of ether oxygens (including phenoxy) is 2. The summed E-state index contributed by atoms with van der Waals surface area (Å²) >= 11 is 0. The zero-order chi connectivity index (χ0) is 17.8. The molecule has 1 saturated heterocycles. The van der Waals surface area contributed by atoms with Gasteiger partial charge in [-0.3, -0.25) is 9.69 Å². The van der Waals surface area contributed by atoms with Crippen LogP contribution in [-0.4, -0.2) is 32.1 Å². The average molecular weight is 341 g/mol. The molecular weight excluding hydrogens is 325 g/mol. The molecule has 6 heteroatoms. The zero-order valence-electron chi connectivity index (χ0n) is 13.6. The Labute approximate surface area is 144 Å². The van der Waals surface area contributed by atoms with Gasteiger partial charge in [-0.2, -0.15) is 0 Å². The molecule has 0 radical (unpaired) electrons. The van der Waals surface area contributed by atoms with Gasteiger partial charge in [-0.05, 0) is 35.9 Å². The SMILES string of the molecule is COc1ccc(C=CC(=O)c2cccc(N3CCOC3=O)c2)cc1F. The van der Waals surface area contributed by atoms with Crippen LogP contribution in [0.25, 0.3) is 6.08 Å². The summed E-state index contributed by atoms with van der Waals surface area (Å²) in [6, 6.07) is 11.2. The van der Waals surface area contributed by atoms with E-state index in [0.29, 0.717) is 30.0 Å². The van der Waals surface area contributed by atoms with Gasteiger partial charge in [0, 0.05) is 11.3 Å². The molecule has 0 spiro atoms. The zero-order valence-corrected chi connectivity index (χ0v) is 13.6. The lowest BCUT2D eigenvalue weighted by Crippen LogP contribution is -2.23. The number of halogens is 1. The van der Waals surface area contributed by atoms with E-state index >= 15 is 0 Å². The van der Waals surface area contributed by atoms with Gasteiger partial charge in [-0.15, -0.1) is 0 Å². The third-order valence-corrected chi connectivity index (χ3v) is 3.81. The van der Waals surface area contributed by atoms with E-state index in [1.165, 1.54) is 36.3 Å².